The predicted octanol–water partition coefficient (Wildman–Crippen LogP) is 5.23. The summed E-state index contributed by atoms with van der Waals surface area (Å²) in [7, 11) is 0. The maximum Gasteiger partial charge on any atom is 0.258 e. The fraction of sp³-hybridized carbons (Fsp3) is 0.200. The second-order valence-corrected chi connectivity index (χ2v) is 7.38. The van der Waals surface area contributed by atoms with Crippen molar-refractivity contribution in [2.75, 3.05) is 16.8 Å². The maximum atomic E-state index is 13.2. The van der Waals surface area contributed by atoms with E-state index in [2.05, 4.69) is 12.2 Å². The van der Waals surface area contributed by atoms with Gasteiger partial charge in [0.1, 0.15) is 5.82 Å². The second kappa shape index (κ2) is 8.49. The van der Waals surface area contributed by atoms with Crippen molar-refractivity contribution >= 4 is 23.2 Å². The molecule has 2 amide bonds. The van der Waals surface area contributed by atoms with Gasteiger partial charge in [-0.2, -0.15) is 0 Å². The lowest BCUT2D eigenvalue weighted by molar-refractivity contribution is 0.0984. The lowest BCUT2D eigenvalue weighted by atomic mass is 9.98. The number of hydrogen-bond acceptors (Lipinski definition) is 2. The highest BCUT2D eigenvalue weighted by Crippen LogP contribution is 2.30. The van der Waals surface area contributed by atoms with E-state index in [0.717, 1.165) is 41.8 Å². The van der Waals surface area contributed by atoms with Crippen molar-refractivity contribution in [3.05, 3.63) is 94.8 Å². The van der Waals surface area contributed by atoms with Crippen molar-refractivity contribution in [3.63, 3.8) is 0 Å². The Balaban J connectivity index is 1.58. The first-order valence-electron chi connectivity index (χ1n) is 10.2. The van der Waals surface area contributed by atoms with Crippen LogP contribution in [0.2, 0.25) is 0 Å². The summed E-state index contributed by atoms with van der Waals surface area (Å²) in [5.74, 6) is -0.698. The Morgan fingerprint density at radius 1 is 1.00 bits per heavy atom. The highest BCUT2D eigenvalue weighted by molar-refractivity contribution is 6.08. The van der Waals surface area contributed by atoms with Gasteiger partial charge in [-0.05, 0) is 78.9 Å². The number of para-hydroxylation sites is 1. The van der Waals surface area contributed by atoms with Crippen LogP contribution in [0, 0.1) is 5.82 Å². The van der Waals surface area contributed by atoms with Gasteiger partial charge in [-0.15, -0.1) is 0 Å². The molecule has 0 aliphatic carbocycles. The number of amides is 2. The Bertz CT molecular complexity index is 1090. The molecule has 3 aromatic rings. The Morgan fingerprint density at radius 2 is 1.73 bits per heavy atom. The smallest absolute Gasteiger partial charge is 0.258 e. The van der Waals surface area contributed by atoms with E-state index in [1.165, 1.54) is 24.3 Å². The normalized spacial score (nSPS) is 12.9. The van der Waals surface area contributed by atoms with Crippen LogP contribution in [0.4, 0.5) is 15.8 Å². The number of aryl methyl sites for hydroxylation is 2. The molecule has 1 aliphatic rings. The average Bonchev–Trinajstić information content (AvgIpc) is 2.78. The average molecular weight is 402 g/mol. The molecule has 0 saturated carbocycles. The fourth-order valence-corrected chi connectivity index (χ4v) is 3.84. The van der Waals surface area contributed by atoms with Crippen molar-refractivity contribution in [1.29, 1.82) is 0 Å². The van der Waals surface area contributed by atoms with Gasteiger partial charge < -0.3 is 10.2 Å². The summed E-state index contributed by atoms with van der Waals surface area (Å²) >= 11 is 0. The van der Waals surface area contributed by atoms with Crippen LogP contribution in [-0.2, 0) is 12.8 Å². The van der Waals surface area contributed by atoms with Crippen molar-refractivity contribution in [2.24, 2.45) is 0 Å². The zero-order valence-electron chi connectivity index (χ0n) is 16.8. The number of benzene rings is 3. The van der Waals surface area contributed by atoms with Crippen molar-refractivity contribution < 1.29 is 14.0 Å². The van der Waals surface area contributed by atoms with E-state index < -0.39 is 0 Å². The lowest BCUT2D eigenvalue weighted by Crippen LogP contribution is -2.35. The molecule has 0 saturated heterocycles. The molecule has 0 spiro atoms. The summed E-state index contributed by atoms with van der Waals surface area (Å²) in [6.45, 7) is 2.65. The molecule has 1 aliphatic heterocycles. The Kier molecular flexibility index (Phi) is 5.61. The minimum atomic E-state index is -0.370. The minimum Gasteiger partial charge on any atom is -0.322 e. The molecule has 0 aromatic heterocycles. The van der Waals surface area contributed by atoms with Crippen molar-refractivity contribution in [1.82, 2.24) is 0 Å². The van der Waals surface area contributed by atoms with Crippen LogP contribution >= 0.6 is 0 Å². The van der Waals surface area contributed by atoms with E-state index in [1.807, 2.05) is 36.4 Å². The third-order valence-corrected chi connectivity index (χ3v) is 5.44. The Morgan fingerprint density at radius 3 is 2.50 bits per heavy atom. The molecule has 0 radical (unpaired) electrons. The molecule has 1 heterocycles. The largest absolute Gasteiger partial charge is 0.322 e. The van der Waals surface area contributed by atoms with E-state index in [0.29, 0.717) is 17.7 Å². The molecule has 1 N–H and O–H groups in total. The van der Waals surface area contributed by atoms with Gasteiger partial charge in [-0.3, -0.25) is 9.59 Å². The Hall–Kier alpha value is -3.47. The van der Waals surface area contributed by atoms with E-state index >= 15 is 0 Å². The van der Waals surface area contributed by atoms with Gasteiger partial charge in [-0.25, -0.2) is 4.39 Å². The molecule has 0 atom stereocenters. The van der Waals surface area contributed by atoms with Crippen LogP contribution in [0.5, 0.6) is 0 Å². The summed E-state index contributed by atoms with van der Waals surface area (Å²) in [6.07, 6.45) is 2.44. The molecule has 30 heavy (non-hydrogen) atoms. The first-order chi connectivity index (χ1) is 14.6. The summed E-state index contributed by atoms with van der Waals surface area (Å²) in [5, 5.41) is 2.99. The van der Waals surface area contributed by atoms with Crippen molar-refractivity contribution in [2.45, 2.75) is 26.2 Å². The van der Waals surface area contributed by atoms with E-state index in [1.54, 1.807) is 11.0 Å². The highest BCUT2D eigenvalue weighted by Gasteiger charge is 2.24. The molecule has 4 nitrogen and oxygen atoms in total. The minimum absolute atomic E-state index is 0.162. The monoisotopic (exact) mass is 402 g/mol. The van der Waals surface area contributed by atoms with Crippen LogP contribution < -0.4 is 10.2 Å². The van der Waals surface area contributed by atoms with E-state index in [4.69, 9.17) is 0 Å². The second-order valence-electron chi connectivity index (χ2n) is 7.38. The number of nitrogens with zero attached hydrogens (tertiary/aromatic N) is 1. The fourth-order valence-electron chi connectivity index (χ4n) is 3.84. The number of carbonyl (C=O) groups is 2. The van der Waals surface area contributed by atoms with E-state index in [9.17, 15) is 14.0 Å². The molecule has 5 heteroatoms. The molecule has 4 rings (SSSR count). The van der Waals surface area contributed by atoms with Gasteiger partial charge in [-0.1, -0.05) is 25.1 Å². The number of halogens is 1. The van der Waals surface area contributed by atoms with Crippen LogP contribution in [0.3, 0.4) is 0 Å². The zero-order chi connectivity index (χ0) is 21.1. The molecule has 0 fully saturated rings. The van der Waals surface area contributed by atoms with Gasteiger partial charge >= 0.3 is 0 Å². The number of nitrogens with one attached hydrogen (secondary N) is 1. The molecular formula is C25H23FN2O2. The van der Waals surface area contributed by atoms with Crippen LogP contribution in [0.1, 0.15) is 45.2 Å². The number of fused-ring (bicyclic) bond motifs is 1. The molecule has 0 bridgehead atoms. The molecular weight excluding hydrogens is 379 g/mol. The van der Waals surface area contributed by atoms with E-state index in [-0.39, 0.29) is 17.6 Å². The first kappa shape index (κ1) is 19.8. The van der Waals surface area contributed by atoms with Crippen molar-refractivity contribution in [3.8, 4) is 0 Å². The standard InChI is InChI=1S/C25H23FN2O2/c1-2-17-6-3-4-8-22(17)27-24(29)20-11-14-23-19(16-20)7-5-15-28(23)25(30)18-9-12-21(26)13-10-18/h3-4,6,8-14,16H,2,5,7,15H2,1H3,(H,27,29). The summed E-state index contributed by atoms with van der Waals surface area (Å²) in [5.41, 5.74) is 4.68. The van der Waals surface area contributed by atoms with Gasteiger partial charge in [0.15, 0.2) is 0 Å². The summed E-state index contributed by atoms with van der Waals surface area (Å²) in [6, 6.07) is 18.8. The summed E-state index contributed by atoms with van der Waals surface area (Å²) < 4.78 is 13.2. The third-order valence-electron chi connectivity index (χ3n) is 5.44. The maximum absolute atomic E-state index is 13.2. The predicted molar refractivity (Wildman–Crippen MR) is 117 cm³/mol. The highest BCUT2D eigenvalue weighted by atomic mass is 19.1. The van der Waals surface area contributed by atoms with Gasteiger partial charge in [0.25, 0.3) is 11.8 Å². The van der Waals surface area contributed by atoms with Gasteiger partial charge in [0, 0.05) is 29.0 Å². The third kappa shape index (κ3) is 3.96. The number of carbonyl (C=O) groups excluding carboxylic acids is 2. The topological polar surface area (TPSA) is 49.4 Å². The number of hydrogen-bond donors (Lipinski definition) is 1. The molecule has 3 aromatic carbocycles. The molecule has 152 valence electrons. The van der Waals surface area contributed by atoms with Gasteiger partial charge in [0.2, 0.25) is 0 Å². The van der Waals surface area contributed by atoms with Gasteiger partial charge in [0.05, 0.1) is 0 Å². The molecule has 0 unspecified atom stereocenters. The zero-order valence-corrected chi connectivity index (χ0v) is 16.8. The number of rotatable bonds is 4. The number of anilines is 2. The first-order valence-corrected chi connectivity index (χ1v) is 10.2. The van der Waals surface area contributed by atoms with Crippen LogP contribution in [-0.4, -0.2) is 18.4 Å². The lowest BCUT2D eigenvalue weighted by Gasteiger charge is -2.30. The van der Waals surface area contributed by atoms with Crippen LogP contribution in [0.15, 0.2) is 66.7 Å². The van der Waals surface area contributed by atoms with Crippen LogP contribution in [0.25, 0.3) is 0 Å². The summed E-state index contributed by atoms with van der Waals surface area (Å²) in [4.78, 5) is 27.4. The quantitative estimate of drug-likeness (QED) is 0.649. The SMILES string of the molecule is CCc1ccccc1NC(=O)c1ccc2c(c1)CCCN2C(=O)c1ccc(F)cc1. The Labute approximate surface area is 175 Å².